The topological polar surface area (TPSA) is 87.7 Å². The number of benzene rings is 4. The summed E-state index contributed by atoms with van der Waals surface area (Å²) in [5.74, 6) is 0.00353. The van der Waals surface area contributed by atoms with Crippen molar-refractivity contribution in [3.63, 3.8) is 0 Å². The Balaban J connectivity index is 1.69. The van der Waals surface area contributed by atoms with Crippen molar-refractivity contribution < 1.29 is 18.5 Å². The van der Waals surface area contributed by atoms with Gasteiger partial charge in [0.05, 0.1) is 28.9 Å². The van der Waals surface area contributed by atoms with Crippen LogP contribution in [0, 0.1) is 5.92 Å². The van der Waals surface area contributed by atoms with Crippen molar-refractivity contribution in [2.75, 3.05) is 7.11 Å². The average molecular weight is 652 g/mol. The lowest BCUT2D eigenvalue weighted by molar-refractivity contribution is -0.142. The Morgan fingerprint density at radius 1 is 0.830 bits per heavy atom. The molecule has 2 unspecified atom stereocenters. The SMILES string of the molecule is COc1ccc(CN(C(C)=O)C(C(=O)NC2([C@@H](NS(=O)C(C)(C)C)c3ccccc3)c3ccccc3-c3ccccc32)C(C)C)cc1. The second-order valence-corrected chi connectivity index (χ2v) is 15.4. The molecule has 1 aliphatic rings. The number of nitrogens with zero attached hydrogens (tertiary/aromatic N) is 1. The molecule has 7 nitrogen and oxygen atoms in total. The largest absolute Gasteiger partial charge is 0.497 e. The van der Waals surface area contributed by atoms with Gasteiger partial charge in [0.2, 0.25) is 11.8 Å². The second kappa shape index (κ2) is 13.8. The van der Waals surface area contributed by atoms with Gasteiger partial charge in [0.1, 0.15) is 17.3 Å². The molecule has 0 bridgehead atoms. The zero-order chi connectivity index (χ0) is 33.9. The summed E-state index contributed by atoms with van der Waals surface area (Å²) in [6.45, 7) is 11.5. The predicted molar refractivity (Wildman–Crippen MR) is 189 cm³/mol. The zero-order valence-corrected chi connectivity index (χ0v) is 29.1. The lowest BCUT2D eigenvalue weighted by atomic mass is 9.77. The van der Waals surface area contributed by atoms with Gasteiger partial charge in [0.15, 0.2) is 0 Å². The number of ether oxygens (including phenoxy) is 1. The van der Waals surface area contributed by atoms with Crippen LogP contribution < -0.4 is 14.8 Å². The standard InChI is InChI=1S/C39H45N3O4S/c1-26(2)35(42(27(3)43)25-28-21-23-30(46-7)24-22-28)37(44)40-39(33-19-13-11-17-31(33)32-18-12-14-20-34(32)39)36(29-15-9-8-10-16-29)41-47(45)38(4,5)6/h8-24,26,35-36,41H,25H2,1-7H3,(H,40,44)/t35?,36-,47?/m0/s1. The Morgan fingerprint density at radius 2 is 1.36 bits per heavy atom. The van der Waals surface area contributed by atoms with Gasteiger partial charge in [0.25, 0.3) is 0 Å². The Kier molecular flexibility index (Phi) is 10.0. The minimum Gasteiger partial charge on any atom is -0.497 e. The van der Waals surface area contributed by atoms with Gasteiger partial charge >= 0.3 is 0 Å². The highest BCUT2D eigenvalue weighted by molar-refractivity contribution is 7.84. The molecule has 8 heteroatoms. The number of carbonyl (C=O) groups is 2. The molecule has 0 fully saturated rings. The molecule has 0 aromatic heterocycles. The van der Waals surface area contributed by atoms with Crippen molar-refractivity contribution in [2.24, 2.45) is 5.92 Å². The number of hydrogen-bond donors (Lipinski definition) is 2. The summed E-state index contributed by atoms with van der Waals surface area (Å²) < 4.78 is 22.2. The third kappa shape index (κ3) is 6.76. The van der Waals surface area contributed by atoms with E-state index in [1.165, 1.54) is 6.92 Å². The number of amides is 2. The molecule has 0 heterocycles. The Hall–Kier alpha value is -4.27. The van der Waals surface area contributed by atoms with Crippen LogP contribution in [0.1, 0.15) is 69.8 Å². The van der Waals surface area contributed by atoms with E-state index in [-0.39, 0.29) is 24.3 Å². The van der Waals surface area contributed by atoms with Gasteiger partial charge < -0.3 is 15.0 Å². The summed E-state index contributed by atoms with van der Waals surface area (Å²) in [7, 11) is 0.112. The van der Waals surface area contributed by atoms with E-state index in [4.69, 9.17) is 4.74 Å². The summed E-state index contributed by atoms with van der Waals surface area (Å²) in [5.41, 5.74) is 4.38. The zero-order valence-electron chi connectivity index (χ0n) is 28.2. The third-order valence-electron chi connectivity index (χ3n) is 8.81. The molecule has 1 aliphatic carbocycles. The second-order valence-electron chi connectivity index (χ2n) is 13.4. The number of methoxy groups -OCH3 is 1. The van der Waals surface area contributed by atoms with Crippen LogP contribution in [0.2, 0.25) is 0 Å². The fourth-order valence-corrected chi connectivity index (χ4v) is 7.41. The first-order chi connectivity index (χ1) is 22.4. The summed E-state index contributed by atoms with van der Waals surface area (Å²) in [6, 6.07) is 32.1. The molecule has 4 aromatic carbocycles. The molecule has 0 saturated heterocycles. The monoisotopic (exact) mass is 651 g/mol. The molecule has 0 aliphatic heterocycles. The molecular weight excluding hydrogens is 607 g/mol. The van der Waals surface area contributed by atoms with E-state index < -0.39 is 33.4 Å². The van der Waals surface area contributed by atoms with E-state index in [1.54, 1.807) is 12.0 Å². The van der Waals surface area contributed by atoms with E-state index >= 15 is 0 Å². The summed E-state index contributed by atoms with van der Waals surface area (Å²) >= 11 is 0. The summed E-state index contributed by atoms with van der Waals surface area (Å²) in [5, 5.41) is 3.53. The highest BCUT2D eigenvalue weighted by Crippen LogP contribution is 2.53. The number of fused-ring (bicyclic) bond motifs is 3. The number of rotatable bonds is 11. The molecule has 2 N–H and O–H groups in total. The van der Waals surface area contributed by atoms with Crippen LogP contribution in [-0.4, -0.2) is 38.8 Å². The van der Waals surface area contributed by atoms with Crippen LogP contribution >= 0.6 is 0 Å². The first-order valence-corrected chi connectivity index (χ1v) is 17.2. The first kappa shape index (κ1) is 34.1. The average Bonchev–Trinajstić information content (AvgIpc) is 3.33. The normalized spacial score (nSPS) is 15.2. The van der Waals surface area contributed by atoms with Crippen molar-refractivity contribution in [1.82, 2.24) is 14.9 Å². The number of nitrogens with one attached hydrogen (secondary N) is 2. The van der Waals surface area contributed by atoms with Crippen LogP contribution in [0.15, 0.2) is 103 Å². The molecule has 4 aromatic rings. The minimum absolute atomic E-state index is 0.206. The molecule has 47 heavy (non-hydrogen) atoms. The minimum atomic E-state index is -1.50. The summed E-state index contributed by atoms with van der Waals surface area (Å²) in [6.07, 6.45) is 0. The number of hydrogen-bond acceptors (Lipinski definition) is 4. The van der Waals surface area contributed by atoms with Gasteiger partial charge in [-0.15, -0.1) is 0 Å². The highest BCUT2D eigenvalue weighted by atomic mass is 32.2. The van der Waals surface area contributed by atoms with Crippen LogP contribution in [-0.2, 0) is 32.7 Å². The van der Waals surface area contributed by atoms with Gasteiger partial charge in [-0.1, -0.05) is 105 Å². The molecule has 0 spiro atoms. The maximum atomic E-state index is 15.0. The molecule has 2 amide bonds. The lowest BCUT2D eigenvalue weighted by Gasteiger charge is -2.44. The quantitative estimate of drug-likeness (QED) is 0.185. The van der Waals surface area contributed by atoms with Crippen LogP contribution in [0.4, 0.5) is 0 Å². The van der Waals surface area contributed by atoms with Gasteiger partial charge in [0, 0.05) is 13.5 Å². The molecule has 3 atom stereocenters. The maximum Gasteiger partial charge on any atom is 0.244 e. The molecule has 0 saturated carbocycles. The van der Waals surface area contributed by atoms with Crippen molar-refractivity contribution in [1.29, 1.82) is 0 Å². The molecule has 246 valence electrons. The van der Waals surface area contributed by atoms with Gasteiger partial charge in [-0.2, -0.15) is 0 Å². The molecule has 0 radical (unpaired) electrons. The lowest BCUT2D eigenvalue weighted by Crippen LogP contribution is -2.60. The van der Waals surface area contributed by atoms with Gasteiger partial charge in [-0.25, -0.2) is 8.93 Å². The van der Waals surface area contributed by atoms with E-state index in [9.17, 15) is 13.8 Å². The van der Waals surface area contributed by atoms with Crippen LogP contribution in [0.25, 0.3) is 11.1 Å². The molecule has 5 rings (SSSR count). The smallest absolute Gasteiger partial charge is 0.244 e. The van der Waals surface area contributed by atoms with Crippen molar-refractivity contribution in [2.45, 2.75) is 70.5 Å². The Bertz CT molecular complexity index is 1700. The third-order valence-corrected chi connectivity index (χ3v) is 10.4. The maximum absolute atomic E-state index is 15.0. The van der Waals surface area contributed by atoms with E-state index in [0.717, 1.165) is 33.4 Å². The van der Waals surface area contributed by atoms with Crippen LogP contribution in [0.5, 0.6) is 5.75 Å². The van der Waals surface area contributed by atoms with Gasteiger partial charge in [-0.05, 0) is 72.2 Å². The highest BCUT2D eigenvalue weighted by Gasteiger charge is 2.52. The van der Waals surface area contributed by atoms with Crippen molar-refractivity contribution >= 4 is 22.8 Å². The van der Waals surface area contributed by atoms with E-state index in [0.29, 0.717) is 5.75 Å². The Labute approximate surface area is 281 Å². The predicted octanol–water partition coefficient (Wildman–Crippen LogP) is 6.90. The van der Waals surface area contributed by atoms with Gasteiger partial charge in [-0.3, -0.25) is 9.59 Å². The fourth-order valence-electron chi connectivity index (χ4n) is 6.53. The van der Waals surface area contributed by atoms with Crippen molar-refractivity contribution in [3.8, 4) is 16.9 Å². The first-order valence-electron chi connectivity index (χ1n) is 16.0. The summed E-state index contributed by atoms with van der Waals surface area (Å²) in [4.78, 5) is 29.9. The van der Waals surface area contributed by atoms with E-state index in [1.807, 2.05) is 126 Å². The Morgan fingerprint density at radius 3 is 1.85 bits per heavy atom. The van der Waals surface area contributed by atoms with Crippen molar-refractivity contribution in [3.05, 3.63) is 125 Å². The number of carbonyl (C=O) groups excluding carboxylic acids is 2. The van der Waals surface area contributed by atoms with Crippen LogP contribution in [0.3, 0.4) is 0 Å². The molecular formula is C39H45N3O4S. The fraction of sp³-hybridized carbons (Fsp3) is 0.333. The van der Waals surface area contributed by atoms with E-state index in [2.05, 4.69) is 22.2 Å².